The smallest absolute Gasteiger partial charge is 0.163 e. The molecule has 4 atom stereocenters. The summed E-state index contributed by atoms with van der Waals surface area (Å²) in [5.74, 6) is 0.742. The monoisotopic (exact) mass is 222 g/mol. The summed E-state index contributed by atoms with van der Waals surface area (Å²) in [6.07, 6.45) is 6.47. The maximum absolute atomic E-state index is 5.92. The third-order valence-corrected chi connectivity index (χ3v) is 5.58. The van der Waals surface area contributed by atoms with Gasteiger partial charge in [-0.2, -0.15) is 0 Å². The van der Waals surface area contributed by atoms with E-state index in [0.717, 1.165) is 12.5 Å². The average molecular weight is 222 g/mol. The van der Waals surface area contributed by atoms with Crippen LogP contribution in [-0.4, -0.2) is 20.0 Å². The fourth-order valence-corrected chi connectivity index (χ4v) is 4.61. The summed E-state index contributed by atoms with van der Waals surface area (Å²) >= 11 is 0. The molecule has 2 nitrogen and oxygen atoms in total. The van der Waals surface area contributed by atoms with E-state index in [1.165, 1.54) is 37.7 Å². The van der Waals surface area contributed by atoms with Crippen molar-refractivity contribution in [1.82, 2.24) is 0 Å². The van der Waals surface area contributed by atoms with Crippen molar-refractivity contribution < 1.29 is 9.47 Å². The zero-order valence-electron chi connectivity index (χ0n) is 10.4. The van der Waals surface area contributed by atoms with Gasteiger partial charge in [-0.25, -0.2) is 0 Å². The fourth-order valence-electron chi connectivity index (χ4n) is 4.61. The van der Waals surface area contributed by atoms with Crippen LogP contribution in [0.2, 0.25) is 0 Å². The predicted octanol–water partition coefficient (Wildman–Crippen LogP) is 3.13. The van der Waals surface area contributed by atoms with Crippen LogP contribution in [0, 0.1) is 16.7 Å². The first kappa shape index (κ1) is 10.8. The van der Waals surface area contributed by atoms with Crippen LogP contribution in [0.3, 0.4) is 0 Å². The van der Waals surface area contributed by atoms with E-state index in [1.54, 1.807) is 7.11 Å². The van der Waals surface area contributed by atoms with E-state index < -0.39 is 0 Å². The van der Waals surface area contributed by atoms with Crippen LogP contribution in [0.4, 0.5) is 0 Å². The zero-order chi connectivity index (χ0) is 11.4. The van der Waals surface area contributed by atoms with Crippen molar-refractivity contribution in [1.29, 1.82) is 0 Å². The Morgan fingerprint density at radius 1 is 1.44 bits per heavy atom. The number of hydrogen-bond donors (Lipinski definition) is 0. The van der Waals surface area contributed by atoms with Gasteiger partial charge in [0.1, 0.15) is 0 Å². The zero-order valence-corrected chi connectivity index (χ0v) is 10.4. The van der Waals surface area contributed by atoms with Crippen LogP contribution in [0.1, 0.15) is 39.0 Å². The Morgan fingerprint density at radius 3 is 3.00 bits per heavy atom. The first-order valence-corrected chi connectivity index (χ1v) is 6.48. The molecule has 0 amide bonds. The van der Waals surface area contributed by atoms with Gasteiger partial charge >= 0.3 is 0 Å². The topological polar surface area (TPSA) is 18.5 Å². The molecule has 1 aliphatic heterocycles. The maximum atomic E-state index is 5.92. The predicted molar refractivity (Wildman–Crippen MR) is 63.0 cm³/mol. The molecule has 3 rings (SSSR count). The Balaban J connectivity index is 2.08. The summed E-state index contributed by atoms with van der Waals surface area (Å²) in [5.41, 5.74) is 1.80. The Labute approximate surface area is 98.0 Å². The summed E-state index contributed by atoms with van der Waals surface area (Å²) in [6.45, 7) is 7.47. The van der Waals surface area contributed by atoms with Crippen molar-refractivity contribution in [3.8, 4) is 0 Å². The van der Waals surface area contributed by atoms with E-state index in [0.29, 0.717) is 0 Å². The molecule has 2 saturated carbocycles. The van der Waals surface area contributed by atoms with Gasteiger partial charge in [0, 0.05) is 17.9 Å². The standard InChI is InChI=1S/C14H22O2/c1-10-8-11-6-4-5-7-14(11)12(15-3)16-9-13(10,14)2/h11-12H,1,4-9H2,2-3H3/t11-,12+,13+,14+/m1/s1. The van der Waals surface area contributed by atoms with Gasteiger partial charge in [0.15, 0.2) is 6.29 Å². The number of hydrogen-bond acceptors (Lipinski definition) is 2. The van der Waals surface area contributed by atoms with Crippen molar-refractivity contribution in [3.05, 3.63) is 12.2 Å². The number of rotatable bonds is 1. The van der Waals surface area contributed by atoms with Gasteiger partial charge in [-0.15, -0.1) is 0 Å². The molecule has 16 heavy (non-hydrogen) atoms. The molecule has 2 heteroatoms. The van der Waals surface area contributed by atoms with E-state index >= 15 is 0 Å². The maximum Gasteiger partial charge on any atom is 0.163 e. The third-order valence-electron chi connectivity index (χ3n) is 5.58. The van der Waals surface area contributed by atoms with E-state index in [2.05, 4.69) is 13.5 Å². The lowest BCUT2D eigenvalue weighted by Gasteiger charge is -2.46. The Hall–Kier alpha value is -0.340. The highest BCUT2D eigenvalue weighted by atomic mass is 16.7. The van der Waals surface area contributed by atoms with Gasteiger partial charge in [0.25, 0.3) is 0 Å². The molecule has 0 unspecified atom stereocenters. The van der Waals surface area contributed by atoms with Crippen molar-refractivity contribution in [3.63, 3.8) is 0 Å². The number of methoxy groups -OCH3 is 1. The molecule has 90 valence electrons. The molecule has 1 spiro atoms. The second-order valence-electron chi connectivity index (χ2n) is 6.00. The lowest BCUT2D eigenvalue weighted by atomic mass is 9.58. The summed E-state index contributed by atoms with van der Waals surface area (Å²) in [7, 11) is 1.79. The average Bonchev–Trinajstić information content (AvgIpc) is 2.68. The quantitative estimate of drug-likeness (QED) is 0.635. The Kier molecular flexibility index (Phi) is 2.25. The SMILES string of the molecule is C=C1C[C@H]2CCCC[C@@]23[C@@H](OC)OC[C@@]13C. The van der Waals surface area contributed by atoms with Gasteiger partial charge in [0.05, 0.1) is 6.61 Å². The van der Waals surface area contributed by atoms with Crippen LogP contribution in [0.5, 0.6) is 0 Å². The van der Waals surface area contributed by atoms with Gasteiger partial charge < -0.3 is 9.47 Å². The minimum Gasteiger partial charge on any atom is -0.355 e. The summed E-state index contributed by atoms with van der Waals surface area (Å²) in [5, 5.41) is 0. The van der Waals surface area contributed by atoms with Crippen molar-refractivity contribution in [2.45, 2.75) is 45.3 Å². The molecule has 3 fully saturated rings. The largest absolute Gasteiger partial charge is 0.355 e. The van der Waals surface area contributed by atoms with Crippen LogP contribution in [-0.2, 0) is 9.47 Å². The molecule has 0 aromatic carbocycles. The highest BCUT2D eigenvalue weighted by molar-refractivity contribution is 5.28. The van der Waals surface area contributed by atoms with E-state index in [9.17, 15) is 0 Å². The van der Waals surface area contributed by atoms with E-state index in [-0.39, 0.29) is 17.1 Å². The lowest BCUT2D eigenvalue weighted by molar-refractivity contribution is -0.169. The Bertz CT molecular complexity index is 325. The van der Waals surface area contributed by atoms with Gasteiger partial charge in [0.2, 0.25) is 0 Å². The molecule has 1 saturated heterocycles. The lowest BCUT2D eigenvalue weighted by Crippen LogP contribution is -2.46. The summed E-state index contributed by atoms with van der Waals surface area (Å²) in [4.78, 5) is 0. The second kappa shape index (κ2) is 3.33. The third kappa shape index (κ3) is 1.01. The summed E-state index contributed by atoms with van der Waals surface area (Å²) < 4.78 is 11.6. The molecule has 3 aliphatic rings. The highest BCUT2D eigenvalue weighted by Crippen LogP contribution is 2.69. The van der Waals surface area contributed by atoms with Gasteiger partial charge in [-0.05, 0) is 25.2 Å². The van der Waals surface area contributed by atoms with Gasteiger partial charge in [-0.1, -0.05) is 31.9 Å². The Morgan fingerprint density at radius 2 is 2.25 bits per heavy atom. The molecular formula is C14H22O2. The highest BCUT2D eigenvalue weighted by Gasteiger charge is 2.67. The molecule has 2 aliphatic carbocycles. The van der Waals surface area contributed by atoms with Crippen LogP contribution >= 0.6 is 0 Å². The van der Waals surface area contributed by atoms with Crippen molar-refractivity contribution >= 4 is 0 Å². The molecule has 0 radical (unpaired) electrons. The second-order valence-corrected chi connectivity index (χ2v) is 6.00. The van der Waals surface area contributed by atoms with Gasteiger partial charge in [-0.3, -0.25) is 0 Å². The van der Waals surface area contributed by atoms with Crippen LogP contribution in [0.15, 0.2) is 12.2 Å². The fraction of sp³-hybridized carbons (Fsp3) is 0.857. The summed E-state index contributed by atoms with van der Waals surface area (Å²) in [6, 6.07) is 0. The van der Waals surface area contributed by atoms with Crippen molar-refractivity contribution in [2.24, 2.45) is 16.7 Å². The minimum absolute atomic E-state index is 0.00190. The molecule has 1 heterocycles. The molecule has 0 aromatic rings. The van der Waals surface area contributed by atoms with E-state index in [4.69, 9.17) is 9.47 Å². The normalized spacial score (nSPS) is 51.5. The van der Waals surface area contributed by atoms with Crippen LogP contribution < -0.4 is 0 Å². The molecular weight excluding hydrogens is 200 g/mol. The van der Waals surface area contributed by atoms with Crippen molar-refractivity contribution in [2.75, 3.05) is 13.7 Å². The first-order valence-electron chi connectivity index (χ1n) is 6.48. The van der Waals surface area contributed by atoms with E-state index in [1.807, 2.05) is 0 Å². The molecule has 0 bridgehead atoms. The number of ether oxygens (including phenoxy) is 2. The molecule has 0 N–H and O–H groups in total. The van der Waals surface area contributed by atoms with Crippen LogP contribution in [0.25, 0.3) is 0 Å². The molecule has 0 aromatic heterocycles. The first-order chi connectivity index (χ1) is 7.65. The minimum atomic E-state index is 0.00190.